The summed E-state index contributed by atoms with van der Waals surface area (Å²) >= 11 is 0. The normalized spacial score (nSPS) is 18.9. The molecule has 8 aromatic rings. The predicted molar refractivity (Wildman–Crippen MR) is 191 cm³/mol. The summed E-state index contributed by atoms with van der Waals surface area (Å²) in [6.45, 7) is 0. The molecular weight excluding hydrogens is 558 g/mol. The van der Waals surface area contributed by atoms with Gasteiger partial charge in [0.2, 0.25) is 0 Å². The lowest BCUT2D eigenvalue weighted by Gasteiger charge is -2.22. The van der Waals surface area contributed by atoms with Crippen molar-refractivity contribution in [3.05, 3.63) is 174 Å². The third-order valence-electron chi connectivity index (χ3n) is 10.2. The smallest absolute Gasteiger partial charge is 0.135 e. The average molecular weight is 588 g/mol. The molecule has 0 N–H and O–H groups in total. The molecule has 1 fully saturated rings. The lowest BCUT2D eigenvalue weighted by Crippen LogP contribution is -2.19. The van der Waals surface area contributed by atoms with Gasteiger partial charge in [-0.05, 0) is 86.1 Å². The Balaban J connectivity index is 1.16. The first-order chi connectivity index (χ1) is 22.7. The van der Waals surface area contributed by atoms with E-state index in [1.807, 2.05) is 0 Å². The molecule has 1 aliphatic heterocycles. The van der Waals surface area contributed by atoms with Gasteiger partial charge in [-0.3, -0.25) is 4.99 Å². The van der Waals surface area contributed by atoms with Gasteiger partial charge in [0, 0.05) is 22.1 Å². The number of hydrogen-bond acceptors (Lipinski definition) is 2. The van der Waals surface area contributed by atoms with Crippen molar-refractivity contribution >= 4 is 54.9 Å². The lowest BCUT2D eigenvalue weighted by molar-refractivity contribution is 0.668. The zero-order chi connectivity index (χ0) is 30.2. The van der Waals surface area contributed by atoms with Crippen LogP contribution < -0.4 is 0 Å². The van der Waals surface area contributed by atoms with Crippen LogP contribution in [0.1, 0.15) is 23.1 Å². The maximum Gasteiger partial charge on any atom is 0.135 e. The molecule has 2 aliphatic rings. The van der Waals surface area contributed by atoms with E-state index in [9.17, 15) is 0 Å². The molecule has 46 heavy (non-hydrogen) atoms. The number of fused-ring (bicyclic) bond motifs is 7. The summed E-state index contributed by atoms with van der Waals surface area (Å²) in [5.41, 5.74) is 10.0. The molecule has 2 atom stereocenters. The zero-order valence-corrected chi connectivity index (χ0v) is 25.2. The van der Waals surface area contributed by atoms with Crippen LogP contribution in [0.25, 0.3) is 60.3 Å². The van der Waals surface area contributed by atoms with Crippen LogP contribution in [0, 0.1) is 5.92 Å². The van der Waals surface area contributed by atoms with Crippen molar-refractivity contribution in [3.8, 4) is 11.1 Å². The van der Waals surface area contributed by atoms with Crippen molar-refractivity contribution in [1.29, 1.82) is 0 Å². The Bertz CT molecular complexity index is 2560. The summed E-state index contributed by atoms with van der Waals surface area (Å²) in [7, 11) is 0. The maximum atomic E-state index is 6.54. The highest BCUT2D eigenvalue weighted by atomic mass is 16.3. The molecule has 216 valence electrons. The van der Waals surface area contributed by atoms with Gasteiger partial charge in [-0.1, -0.05) is 127 Å². The van der Waals surface area contributed by atoms with E-state index in [4.69, 9.17) is 9.41 Å². The molecule has 2 heterocycles. The van der Waals surface area contributed by atoms with Crippen LogP contribution in [0.4, 0.5) is 0 Å². The van der Waals surface area contributed by atoms with Crippen LogP contribution in [0.15, 0.2) is 167 Å². The molecule has 7 aromatic carbocycles. The van der Waals surface area contributed by atoms with Gasteiger partial charge in [-0.15, -0.1) is 0 Å². The first-order valence-corrected chi connectivity index (χ1v) is 16.1. The van der Waals surface area contributed by atoms with Crippen LogP contribution in [0.5, 0.6) is 0 Å². The molecule has 2 unspecified atom stereocenters. The summed E-state index contributed by atoms with van der Waals surface area (Å²) in [6.07, 6.45) is 3.46. The topological polar surface area (TPSA) is 25.5 Å². The van der Waals surface area contributed by atoms with Crippen LogP contribution in [0.3, 0.4) is 0 Å². The quantitative estimate of drug-likeness (QED) is 0.188. The Morgan fingerprint density at radius 2 is 1.20 bits per heavy atom. The summed E-state index contributed by atoms with van der Waals surface area (Å²) < 4.78 is 6.54. The third-order valence-corrected chi connectivity index (χ3v) is 10.2. The van der Waals surface area contributed by atoms with Gasteiger partial charge in [0.1, 0.15) is 11.2 Å². The Hall–Kier alpha value is -5.73. The Labute approximate surface area is 267 Å². The number of hydrogen-bond donors (Lipinski definition) is 0. The molecule has 0 spiro atoms. The lowest BCUT2D eigenvalue weighted by atomic mass is 9.84. The molecule has 1 aliphatic carbocycles. The van der Waals surface area contributed by atoms with E-state index >= 15 is 0 Å². The SMILES string of the molecule is C1=C(c2ccccc2)N=C(c2ccccc2)C2CC12c1cccc2oc3ccc(-c4ccc5ccc6ccccc6c5c4)cc3c12. The fraction of sp³-hybridized carbons (Fsp3) is 0.0682. The predicted octanol–water partition coefficient (Wildman–Crippen LogP) is 11.4. The first-order valence-electron chi connectivity index (χ1n) is 16.1. The molecule has 0 saturated heterocycles. The monoisotopic (exact) mass is 587 g/mol. The summed E-state index contributed by atoms with van der Waals surface area (Å²) in [4.78, 5) is 5.30. The molecule has 0 amide bonds. The standard InChI is InChI=1S/C44H29NO/c1-3-11-30(12-4-1)39-27-44(26-38(44)43(45-39)31-13-5-2-6-14-31)37-16-9-17-41-42(37)36-25-33(22-23-40(36)46-41)32-21-20-29-19-18-28-10-7-8-15-34(28)35(29)24-32/h1-25,27,38H,26H2. The van der Waals surface area contributed by atoms with Crippen molar-refractivity contribution in [2.24, 2.45) is 10.9 Å². The van der Waals surface area contributed by atoms with E-state index in [-0.39, 0.29) is 5.41 Å². The molecule has 1 saturated carbocycles. The minimum absolute atomic E-state index is 0.147. The van der Waals surface area contributed by atoms with Gasteiger partial charge in [0.05, 0.1) is 11.4 Å². The van der Waals surface area contributed by atoms with E-state index in [1.54, 1.807) is 0 Å². The molecule has 10 rings (SSSR count). The fourth-order valence-electron chi connectivity index (χ4n) is 7.85. The van der Waals surface area contributed by atoms with E-state index in [0.29, 0.717) is 5.92 Å². The highest BCUT2D eigenvalue weighted by Crippen LogP contribution is 2.62. The Morgan fingerprint density at radius 1 is 0.522 bits per heavy atom. The van der Waals surface area contributed by atoms with Crippen LogP contribution in [0.2, 0.25) is 0 Å². The third kappa shape index (κ3) is 3.80. The van der Waals surface area contributed by atoms with Crippen molar-refractivity contribution in [3.63, 3.8) is 0 Å². The van der Waals surface area contributed by atoms with Gasteiger partial charge < -0.3 is 4.42 Å². The van der Waals surface area contributed by atoms with Crippen molar-refractivity contribution < 1.29 is 4.42 Å². The van der Waals surface area contributed by atoms with E-state index in [0.717, 1.165) is 28.8 Å². The van der Waals surface area contributed by atoms with Gasteiger partial charge in [-0.2, -0.15) is 0 Å². The second-order valence-electron chi connectivity index (χ2n) is 12.8. The van der Waals surface area contributed by atoms with Gasteiger partial charge in [-0.25, -0.2) is 0 Å². The van der Waals surface area contributed by atoms with E-state index in [2.05, 4.69) is 158 Å². The largest absolute Gasteiger partial charge is 0.456 e. The van der Waals surface area contributed by atoms with Crippen molar-refractivity contribution in [2.45, 2.75) is 11.8 Å². The second kappa shape index (κ2) is 9.63. The summed E-state index contributed by atoms with van der Waals surface area (Å²) in [5, 5.41) is 7.46. The number of rotatable bonds is 4. The van der Waals surface area contributed by atoms with Crippen molar-refractivity contribution in [1.82, 2.24) is 0 Å². The number of allylic oxidation sites excluding steroid dienone is 1. The van der Waals surface area contributed by atoms with Crippen LogP contribution in [-0.4, -0.2) is 5.71 Å². The molecule has 0 radical (unpaired) electrons. The summed E-state index contributed by atoms with van der Waals surface area (Å²) in [5.74, 6) is 0.315. The number of nitrogens with zero attached hydrogens (tertiary/aromatic N) is 1. The molecule has 2 heteroatoms. The van der Waals surface area contributed by atoms with Gasteiger partial charge >= 0.3 is 0 Å². The first kappa shape index (κ1) is 25.6. The Morgan fingerprint density at radius 3 is 2.02 bits per heavy atom. The van der Waals surface area contributed by atoms with Gasteiger partial charge in [0.15, 0.2) is 0 Å². The maximum absolute atomic E-state index is 6.54. The zero-order valence-electron chi connectivity index (χ0n) is 25.2. The number of benzene rings is 7. The highest BCUT2D eigenvalue weighted by molar-refractivity contribution is 6.14. The minimum atomic E-state index is -0.147. The highest BCUT2D eigenvalue weighted by Gasteiger charge is 2.59. The minimum Gasteiger partial charge on any atom is -0.456 e. The molecule has 0 bridgehead atoms. The van der Waals surface area contributed by atoms with E-state index < -0.39 is 0 Å². The molecule has 2 nitrogen and oxygen atoms in total. The van der Waals surface area contributed by atoms with Crippen LogP contribution >= 0.6 is 0 Å². The molecular formula is C44H29NO. The van der Waals surface area contributed by atoms with E-state index in [1.165, 1.54) is 60.3 Å². The average Bonchev–Trinajstić information content (AvgIpc) is 3.77. The Kier molecular flexibility index (Phi) is 5.36. The van der Waals surface area contributed by atoms with Gasteiger partial charge in [0.25, 0.3) is 0 Å². The number of furan rings is 1. The molecule has 1 aromatic heterocycles. The second-order valence-corrected chi connectivity index (χ2v) is 12.8. The summed E-state index contributed by atoms with van der Waals surface area (Å²) in [6, 6.07) is 54.5. The van der Waals surface area contributed by atoms with Crippen LogP contribution in [-0.2, 0) is 5.41 Å². The fourth-order valence-corrected chi connectivity index (χ4v) is 7.85. The van der Waals surface area contributed by atoms with Crippen molar-refractivity contribution in [2.75, 3.05) is 0 Å². The number of aliphatic imine (C=N–C) groups is 1.